The maximum absolute atomic E-state index is 2.38. The average molecular weight is 186 g/mol. The van der Waals surface area contributed by atoms with Crippen LogP contribution in [0.4, 0.5) is 0 Å². The number of rotatable bonds is 1. The van der Waals surface area contributed by atoms with Gasteiger partial charge in [-0.15, -0.1) is 11.8 Å². The third kappa shape index (κ3) is 1.33. The molecular weight excluding hydrogens is 176 g/mol. The zero-order chi connectivity index (χ0) is 8.67. The molecule has 0 N–H and O–H groups in total. The van der Waals surface area contributed by atoms with Crippen molar-refractivity contribution in [3.8, 4) is 0 Å². The molecule has 13 heavy (non-hydrogen) atoms. The second-order valence-electron chi connectivity index (χ2n) is 3.41. The van der Waals surface area contributed by atoms with E-state index >= 15 is 0 Å². The topological polar surface area (TPSA) is 0 Å². The molecule has 1 saturated heterocycles. The summed E-state index contributed by atoms with van der Waals surface area (Å²) < 4.78 is 0. The molecule has 0 amide bonds. The third-order valence-corrected chi connectivity index (χ3v) is 3.67. The molecule has 64 valence electrons. The molecule has 1 aromatic rings. The summed E-state index contributed by atoms with van der Waals surface area (Å²) in [4.78, 5) is 0. The molecule has 0 radical (unpaired) electrons. The summed E-state index contributed by atoms with van der Waals surface area (Å²) in [6, 6.07) is 10.6. The zero-order valence-corrected chi connectivity index (χ0v) is 8.00. The van der Waals surface area contributed by atoms with Crippen molar-refractivity contribution in [2.24, 2.45) is 0 Å². The maximum Gasteiger partial charge on any atom is 0.0396 e. The Morgan fingerprint density at radius 2 is 1.85 bits per heavy atom. The van der Waals surface area contributed by atoms with E-state index in [-0.39, 0.29) is 0 Å². The van der Waals surface area contributed by atoms with E-state index in [9.17, 15) is 0 Å². The molecule has 0 aromatic heterocycles. The third-order valence-electron chi connectivity index (χ3n) is 2.48. The largest absolute Gasteiger partial charge is 0.144 e. The van der Waals surface area contributed by atoms with E-state index < -0.39 is 0 Å². The molecule has 2 atom stereocenters. The van der Waals surface area contributed by atoms with E-state index in [1.54, 1.807) is 0 Å². The first-order valence-corrected chi connectivity index (χ1v) is 5.49. The van der Waals surface area contributed by atoms with Crippen molar-refractivity contribution in [3.05, 3.63) is 54.1 Å². The van der Waals surface area contributed by atoms with Crippen LogP contribution in [-0.4, -0.2) is 10.5 Å². The van der Waals surface area contributed by atoms with E-state index in [4.69, 9.17) is 0 Å². The van der Waals surface area contributed by atoms with Gasteiger partial charge in [0.2, 0.25) is 0 Å². The smallest absolute Gasteiger partial charge is 0.0396 e. The Kier molecular flexibility index (Phi) is 1.59. The van der Waals surface area contributed by atoms with Gasteiger partial charge >= 0.3 is 0 Å². The van der Waals surface area contributed by atoms with Crippen molar-refractivity contribution in [3.63, 3.8) is 0 Å². The number of benzene rings is 1. The Bertz CT molecular complexity index is 375. The molecule has 0 spiro atoms. The molecule has 2 aliphatic rings. The molecule has 2 unspecified atom stereocenters. The van der Waals surface area contributed by atoms with Crippen LogP contribution in [0.15, 0.2) is 48.6 Å². The Balaban J connectivity index is 1.98. The lowest BCUT2D eigenvalue weighted by Crippen LogP contribution is -1.93. The SMILES string of the molecule is C1=CC2SC2C=C1c1ccccc1. The lowest BCUT2D eigenvalue weighted by molar-refractivity contribution is 1.21. The summed E-state index contributed by atoms with van der Waals surface area (Å²) in [6.45, 7) is 0. The highest BCUT2D eigenvalue weighted by Gasteiger charge is 2.36. The molecule has 0 saturated carbocycles. The van der Waals surface area contributed by atoms with Crippen LogP contribution in [0.2, 0.25) is 0 Å². The fourth-order valence-corrected chi connectivity index (χ4v) is 2.52. The fourth-order valence-electron chi connectivity index (χ4n) is 1.68. The highest BCUT2D eigenvalue weighted by molar-refractivity contribution is 8.08. The Morgan fingerprint density at radius 3 is 2.62 bits per heavy atom. The minimum Gasteiger partial charge on any atom is -0.144 e. The van der Waals surface area contributed by atoms with Gasteiger partial charge in [-0.05, 0) is 11.1 Å². The van der Waals surface area contributed by atoms with Gasteiger partial charge in [0.15, 0.2) is 0 Å². The van der Waals surface area contributed by atoms with Crippen molar-refractivity contribution >= 4 is 17.3 Å². The Hall–Kier alpha value is -0.950. The standard InChI is InChI=1S/C12H10S/c1-2-4-9(5-3-1)10-6-7-11-12(8-10)13-11/h1-8,11-12H. The molecule has 3 rings (SSSR count). The summed E-state index contributed by atoms with van der Waals surface area (Å²) in [6.07, 6.45) is 6.94. The molecule has 1 heteroatoms. The van der Waals surface area contributed by atoms with Gasteiger partial charge in [0, 0.05) is 10.5 Å². The van der Waals surface area contributed by atoms with E-state index in [0.29, 0.717) is 0 Å². The minimum atomic E-state index is 0.764. The molecule has 1 aliphatic heterocycles. The van der Waals surface area contributed by atoms with Gasteiger partial charge in [-0.3, -0.25) is 0 Å². The normalized spacial score (nSPS) is 29.4. The van der Waals surface area contributed by atoms with Gasteiger partial charge in [0.05, 0.1) is 0 Å². The van der Waals surface area contributed by atoms with Crippen LogP contribution in [0.25, 0.3) is 5.57 Å². The van der Waals surface area contributed by atoms with Crippen molar-refractivity contribution < 1.29 is 0 Å². The number of hydrogen-bond acceptors (Lipinski definition) is 1. The predicted octanol–water partition coefficient (Wildman–Crippen LogP) is 3.12. The van der Waals surface area contributed by atoms with Crippen molar-refractivity contribution in [2.75, 3.05) is 0 Å². The lowest BCUT2D eigenvalue weighted by Gasteiger charge is -2.04. The van der Waals surface area contributed by atoms with Crippen LogP contribution in [-0.2, 0) is 0 Å². The van der Waals surface area contributed by atoms with Crippen LogP contribution in [0, 0.1) is 0 Å². The van der Waals surface area contributed by atoms with Crippen molar-refractivity contribution in [1.29, 1.82) is 0 Å². The number of hydrogen-bond donors (Lipinski definition) is 0. The number of allylic oxidation sites excluding steroid dienone is 2. The number of fused-ring (bicyclic) bond motifs is 1. The first-order valence-electron chi connectivity index (χ1n) is 4.54. The second-order valence-corrected chi connectivity index (χ2v) is 4.77. The van der Waals surface area contributed by atoms with Crippen molar-refractivity contribution in [2.45, 2.75) is 10.5 Å². The van der Waals surface area contributed by atoms with Crippen LogP contribution in [0.3, 0.4) is 0 Å². The zero-order valence-electron chi connectivity index (χ0n) is 7.18. The molecule has 1 fully saturated rings. The quantitative estimate of drug-likeness (QED) is 0.607. The summed E-state index contributed by atoms with van der Waals surface area (Å²) in [7, 11) is 0. The van der Waals surface area contributed by atoms with Gasteiger partial charge in [-0.1, -0.05) is 48.6 Å². The maximum atomic E-state index is 2.38. The monoisotopic (exact) mass is 186 g/mol. The van der Waals surface area contributed by atoms with Crippen LogP contribution in [0.1, 0.15) is 5.56 Å². The predicted molar refractivity (Wildman–Crippen MR) is 58.7 cm³/mol. The first kappa shape index (κ1) is 7.45. The Morgan fingerprint density at radius 1 is 1.00 bits per heavy atom. The molecule has 1 aliphatic carbocycles. The van der Waals surface area contributed by atoms with Crippen LogP contribution < -0.4 is 0 Å². The molecular formula is C12H10S. The van der Waals surface area contributed by atoms with Gasteiger partial charge in [0.25, 0.3) is 0 Å². The summed E-state index contributed by atoms with van der Waals surface area (Å²) >= 11 is 2.03. The fraction of sp³-hybridized carbons (Fsp3) is 0.167. The highest BCUT2D eigenvalue weighted by atomic mass is 32.2. The molecule has 1 heterocycles. The molecule has 1 aromatic carbocycles. The van der Waals surface area contributed by atoms with Crippen LogP contribution in [0.5, 0.6) is 0 Å². The van der Waals surface area contributed by atoms with E-state index in [1.807, 2.05) is 11.8 Å². The van der Waals surface area contributed by atoms with Gasteiger partial charge in [-0.2, -0.15) is 0 Å². The van der Waals surface area contributed by atoms with E-state index in [0.717, 1.165) is 10.5 Å². The number of thioether (sulfide) groups is 1. The van der Waals surface area contributed by atoms with E-state index in [1.165, 1.54) is 11.1 Å². The lowest BCUT2D eigenvalue weighted by atomic mass is 10.00. The summed E-state index contributed by atoms with van der Waals surface area (Å²) in [5.41, 5.74) is 2.72. The second kappa shape index (κ2) is 2.78. The van der Waals surface area contributed by atoms with Gasteiger partial charge in [-0.25, -0.2) is 0 Å². The minimum absolute atomic E-state index is 0.764. The highest BCUT2D eigenvalue weighted by Crippen LogP contribution is 2.47. The molecule has 0 nitrogen and oxygen atoms in total. The summed E-state index contributed by atoms with van der Waals surface area (Å²) in [5, 5.41) is 1.55. The Labute approximate surface area is 82.4 Å². The van der Waals surface area contributed by atoms with Crippen molar-refractivity contribution in [1.82, 2.24) is 0 Å². The van der Waals surface area contributed by atoms with Crippen LogP contribution >= 0.6 is 11.8 Å². The van der Waals surface area contributed by atoms with Gasteiger partial charge < -0.3 is 0 Å². The molecule has 0 bridgehead atoms. The van der Waals surface area contributed by atoms with Gasteiger partial charge in [0.1, 0.15) is 0 Å². The average Bonchev–Trinajstić information content (AvgIpc) is 2.96. The van der Waals surface area contributed by atoms with E-state index in [2.05, 4.69) is 48.6 Å². The summed E-state index contributed by atoms with van der Waals surface area (Å²) in [5.74, 6) is 0. The first-order chi connectivity index (χ1) is 6.43.